The Labute approximate surface area is 111 Å². The molecule has 0 radical (unpaired) electrons. The van der Waals surface area contributed by atoms with Gasteiger partial charge in [0.2, 0.25) is 0 Å². The summed E-state index contributed by atoms with van der Waals surface area (Å²) in [6, 6.07) is 11.3. The molecule has 0 saturated carbocycles. The normalized spacial score (nSPS) is 12.1. The molecule has 2 rings (SSSR count). The Balaban J connectivity index is 2.16. The Bertz CT molecular complexity index is 556. The molecule has 1 atom stereocenters. The van der Waals surface area contributed by atoms with E-state index in [1.165, 1.54) is 0 Å². The zero-order chi connectivity index (χ0) is 13.1. The zero-order valence-corrected chi connectivity index (χ0v) is 10.8. The topological polar surface area (TPSA) is 77.0 Å². The molecule has 1 heterocycles. The second-order valence-corrected chi connectivity index (χ2v) is 4.53. The molecule has 4 nitrogen and oxygen atoms in total. The van der Waals surface area contributed by atoms with Gasteiger partial charge in [0.05, 0.1) is 5.69 Å². The van der Waals surface area contributed by atoms with Crippen LogP contribution in [0.3, 0.4) is 0 Å². The van der Waals surface area contributed by atoms with Crippen LogP contribution in [-0.4, -0.2) is 4.98 Å². The third-order valence-corrected chi connectivity index (χ3v) is 2.91. The highest BCUT2D eigenvalue weighted by atomic mass is 35.5. The lowest BCUT2D eigenvalue weighted by Gasteiger charge is -2.15. The molecule has 2 aromatic rings. The van der Waals surface area contributed by atoms with Crippen molar-refractivity contribution >= 4 is 28.9 Å². The quantitative estimate of drug-likeness (QED) is 0.794. The molecule has 1 aromatic carbocycles. The van der Waals surface area contributed by atoms with E-state index >= 15 is 0 Å². The summed E-state index contributed by atoms with van der Waals surface area (Å²) >= 11 is 5.96. The van der Waals surface area contributed by atoms with Crippen LogP contribution in [0.5, 0.6) is 0 Å². The lowest BCUT2D eigenvalue weighted by molar-refractivity contribution is 0.875. The fourth-order valence-corrected chi connectivity index (χ4v) is 1.85. The van der Waals surface area contributed by atoms with Gasteiger partial charge in [-0.15, -0.1) is 0 Å². The van der Waals surface area contributed by atoms with Crippen LogP contribution in [-0.2, 0) is 0 Å². The van der Waals surface area contributed by atoms with Crippen molar-refractivity contribution in [3.63, 3.8) is 0 Å². The van der Waals surface area contributed by atoms with Crippen molar-refractivity contribution in [1.29, 1.82) is 0 Å². The standard InChI is InChI=1S/C13H15ClN4/c1-8(9-3-2-4-10(14)7-9)17-12-6-5-11(15)13(16)18-12/h2-8H,15H2,1H3,(H3,16,17,18). The molecule has 94 valence electrons. The van der Waals surface area contributed by atoms with Gasteiger partial charge >= 0.3 is 0 Å². The van der Waals surface area contributed by atoms with Crippen molar-refractivity contribution in [3.8, 4) is 0 Å². The van der Waals surface area contributed by atoms with Gasteiger partial charge in [0.1, 0.15) is 11.6 Å². The maximum atomic E-state index is 5.96. The van der Waals surface area contributed by atoms with Gasteiger partial charge in [-0.3, -0.25) is 0 Å². The van der Waals surface area contributed by atoms with Crippen LogP contribution < -0.4 is 16.8 Å². The minimum atomic E-state index is 0.0826. The average molecular weight is 263 g/mol. The van der Waals surface area contributed by atoms with Crippen LogP contribution in [0.1, 0.15) is 18.5 Å². The number of hydrogen-bond acceptors (Lipinski definition) is 4. The van der Waals surface area contributed by atoms with E-state index in [0.717, 1.165) is 5.56 Å². The van der Waals surface area contributed by atoms with Gasteiger partial charge in [0.15, 0.2) is 0 Å². The largest absolute Gasteiger partial charge is 0.396 e. The summed E-state index contributed by atoms with van der Waals surface area (Å²) in [5.41, 5.74) is 12.8. The molecule has 0 bridgehead atoms. The number of nitrogens with one attached hydrogen (secondary N) is 1. The third-order valence-electron chi connectivity index (χ3n) is 2.67. The molecule has 0 fully saturated rings. The highest BCUT2D eigenvalue weighted by molar-refractivity contribution is 6.30. The highest BCUT2D eigenvalue weighted by Gasteiger charge is 2.07. The average Bonchev–Trinajstić information content (AvgIpc) is 2.34. The number of hydrogen-bond donors (Lipinski definition) is 3. The van der Waals surface area contributed by atoms with Crippen molar-refractivity contribution in [2.75, 3.05) is 16.8 Å². The maximum absolute atomic E-state index is 5.96. The Kier molecular flexibility index (Phi) is 3.58. The molecule has 18 heavy (non-hydrogen) atoms. The third kappa shape index (κ3) is 2.84. The van der Waals surface area contributed by atoms with Gasteiger partial charge < -0.3 is 16.8 Å². The van der Waals surface area contributed by atoms with Gasteiger partial charge in [-0.25, -0.2) is 4.98 Å². The van der Waals surface area contributed by atoms with E-state index in [0.29, 0.717) is 22.3 Å². The molecule has 0 aliphatic rings. The lowest BCUT2D eigenvalue weighted by Crippen LogP contribution is -2.09. The molecule has 0 aliphatic heterocycles. The second-order valence-electron chi connectivity index (χ2n) is 4.09. The fourth-order valence-electron chi connectivity index (χ4n) is 1.65. The van der Waals surface area contributed by atoms with E-state index in [9.17, 15) is 0 Å². The van der Waals surface area contributed by atoms with E-state index in [-0.39, 0.29) is 6.04 Å². The molecule has 1 aromatic heterocycles. The van der Waals surface area contributed by atoms with Gasteiger partial charge in [0.25, 0.3) is 0 Å². The maximum Gasteiger partial charge on any atom is 0.149 e. The zero-order valence-electron chi connectivity index (χ0n) is 10.0. The van der Waals surface area contributed by atoms with Crippen LogP contribution in [0, 0.1) is 0 Å². The van der Waals surface area contributed by atoms with Crippen molar-refractivity contribution in [2.24, 2.45) is 0 Å². The summed E-state index contributed by atoms with van der Waals surface area (Å²) in [6.45, 7) is 2.03. The number of benzene rings is 1. The van der Waals surface area contributed by atoms with Crippen LogP contribution in [0.25, 0.3) is 0 Å². The highest BCUT2D eigenvalue weighted by Crippen LogP contribution is 2.22. The SMILES string of the molecule is CC(Nc1ccc(N)c(N)n1)c1cccc(Cl)c1. The molecule has 0 saturated heterocycles. The number of nitrogen functional groups attached to an aromatic ring is 2. The van der Waals surface area contributed by atoms with Gasteiger partial charge in [-0.2, -0.15) is 0 Å². The lowest BCUT2D eigenvalue weighted by atomic mass is 10.1. The van der Waals surface area contributed by atoms with Crippen LogP contribution in [0.2, 0.25) is 5.02 Å². The predicted octanol–water partition coefficient (Wildman–Crippen LogP) is 3.07. The molecular formula is C13H15ClN4. The molecule has 5 N–H and O–H groups in total. The molecule has 0 aliphatic carbocycles. The Morgan fingerprint density at radius 3 is 2.67 bits per heavy atom. The summed E-state index contributed by atoms with van der Waals surface area (Å²) in [5, 5.41) is 3.96. The molecule has 1 unspecified atom stereocenters. The smallest absolute Gasteiger partial charge is 0.149 e. The molecule has 0 spiro atoms. The van der Waals surface area contributed by atoms with Gasteiger partial charge in [-0.1, -0.05) is 23.7 Å². The summed E-state index contributed by atoms with van der Waals surface area (Å²) < 4.78 is 0. The van der Waals surface area contributed by atoms with Crippen molar-refractivity contribution < 1.29 is 0 Å². The first-order valence-electron chi connectivity index (χ1n) is 5.60. The first-order valence-corrected chi connectivity index (χ1v) is 5.98. The first-order chi connectivity index (χ1) is 8.56. The van der Waals surface area contributed by atoms with Crippen molar-refractivity contribution in [1.82, 2.24) is 4.98 Å². The molecule has 0 amide bonds. The van der Waals surface area contributed by atoms with Crippen LogP contribution in [0.4, 0.5) is 17.3 Å². The van der Waals surface area contributed by atoms with E-state index in [1.54, 1.807) is 12.1 Å². The van der Waals surface area contributed by atoms with Gasteiger partial charge in [0, 0.05) is 11.1 Å². The molecular weight excluding hydrogens is 248 g/mol. The summed E-state index contributed by atoms with van der Waals surface area (Å²) in [6.07, 6.45) is 0. The number of anilines is 3. The van der Waals surface area contributed by atoms with E-state index in [1.807, 2.05) is 31.2 Å². The minimum absolute atomic E-state index is 0.0826. The Morgan fingerprint density at radius 1 is 1.22 bits per heavy atom. The number of nitrogens with zero attached hydrogens (tertiary/aromatic N) is 1. The van der Waals surface area contributed by atoms with E-state index in [2.05, 4.69) is 10.3 Å². The number of rotatable bonds is 3. The second kappa shape index (κ2) is 5.14. The Morgan fingerprint density at radius 2 is 2.00 bits per heavy atom. The van der Waals surface area contributed by atoms with Gasteiger partial charge in [-0.05, 0) is 36.8 Å². The predicted molar refractivity (Wildman–Crippen MR) is 76.6 cm³/mol. The number of halogens is 1. The monoisotopic (exact) mass is 262 g/mol. The van der Waals surface area contributed by atoms with Crippen molar-refractivity contribution in [3.05, 3.63) is 47.0 Å². The minimum Gasteiger partial charge on any atom is -0.396 e. The van der Waals surface area contributed by atoms with E-state index in [4.69, 9.17) is 23.1 Å². The fraction of sp³-hybridized carbons (Fsp3) is 0.154. The van der Waals surface area contributed by atoms with E-state index < -0.39 is 0 Å². The molecule has 5 heteroatoms. The first kappa shape index (κ1) is 12.5. The number of aromatic nitrogens is 1. The Hall–Kier alpha value is -1.94. The number of pyridine rings is 1. The summed E-state index contributed by atoms with van der Waals surface area (Å²) in [4.78, 5) is 4.17. The van der Waals surface area contributed by atoms with Crippen LogP contribution >= 0.6 is 11.6 Å². The number of nitrogens with two attached hydrogens (primary N) is 2. The van der Waals surface area contributed by atoms with Crippen LogP contribution in [0.15, 0.2) is 36.4 Å². The van der Waals surface area contributed by atoms with Crippen molar-refractivity contribution in [2.45, 2.75) is 13.0 Å². The summed E-state index contributed by atoms with van der Waals surface area (Å²) in [7, 11) is 0. The summed E-state index contributed by atoms with van der Waals surface area (Å²) in [5.74, 6) is 1.02.